The summed E-state index contributed by atoms with van der Waals surface area (Å²) in [7, 11) is 1.30. The number of ether oxygens (including phenoxy) is 1. The van der Waals surface area contributed by atoms with Crippen molar-refractivity contribution < 1.29 is 18.7 Å². The summed E-state index contributed by atoms with van der Waals surface area (Å²) >= 11 is 12.4. The molecule has 168 valence electrons. The smallest absolute Gasteiger partial charge is 0.323 e. The van der Waals surface area contributed by atoms with Crippen molar-refractivity contribution >= 4 is 40.8 Å². The van der Waals surface area contributed by atoms with Gasteiger partial charge in [0.1, 0.15) is 17.3 Å². The Balaban J connectivity index is 1.85. The molecule has 1 saturated carbocycles. The normalized spacial score (nSPS) is 28.1. The first-order valence-corrected chi connectivity index (χ1v) is 11.5. The topological polar surface area (TPSA) is 67.4 Å². The molecular formula is C24H23Cl2FN2O3. The molecule has 1 aliphatic carbocycles. The van der Waals surface area contributed by atoms with Crippen LogP contribution in [0.5, 0.6) is 0 Å². The van der Waals surface area contributed by atoms with Crippen molar-refractivity contribution in [1.29, 1.82) is 0 Å². The van der Waals surface area contributed by atoms with Gasteiger partial charge in [0, 0.05) is 22.2 Å². The largest absolute Gasteiger partial charge is 0.468 e. The summed E-state index contributed by atoms with van der Waals surface area (Å²) in [4.78, 5) is 27.0. The Hall–Kier alpha value is -2.15. The molecule has 32 heavy (non-hydrogen) atoms. The van der Waals surface area contributed by atoms with Crippen LogP contribution in [0.15, 0.2) is 36.4 Å². The summed E-state index contributed by atoms with van der Waals surface area (Å²) in [6.07, 6.45) is 4.17. The molecule has 1 saturated heterocycles. The van der Waals surface area contributed by atoms with Gasteiger partial charge in [0.05, 0.1) is 12.1 Å². The first-order valence-electron chi connectivity index (χ1n) is 10.8. The first-order chi connectivity index (χ1) is 15.4. The van der Waals surface area contributed by atoms with Crippen molar-refractivity contribution in [3.8, 4) is 0 Å². The van der Waals surface area contributed by atoms with Gasteiger partial charge in [-0.3, -0.25) is 14.9 Å². The lowest BCUT2D eigenvalue weighted by Gasteiger charge is -2.47. The van der Waals surface area contributed by atoms with Crippen molar-refractivity contribution in [3.05, 3.63) is 63.4 Å². The SMILES string of the molecule is COC(=O)[C@@H]1NC2(CCCCC2)[C@@]2(C(=O)Nc3cc(Cl)ccc32)[C@H]1c1cccc(Cl)c1F. The van der Waals surface area contributed by atoms with Crippen LogP contribution in [0, 0.1) is 5.82 Å². The average molecular weight is 477 g/mol. The summed E-state index contributed by atoms with van der Waals surface area (Å²) < 4.78 is 20.6. The predicted molar refractivity (Wildman–Crippen MR) is 121 cm³/mol. The monoisotopic (exact) mass is 476 g/mol. The number of amides is 1. The van der Waals surface area contributed by atoms with Gasteiger partial charge in [-0.1, -0.05) is 60.7 Å². The minimum atomic E-state index is -1.22. The number of esters is 1. The molecule has 5 nitrogen and oxygen atoms in total. The van der Waals surface area contributed by atoms with E-state index in [0.29, 0.717) is 23.6 Å². The lowest BCUT2D eigenvalue weighted by molar-refractivity contribution is -0.143. The second-order valence-electron chi connectivity index (χ2n) is 8.86. The van der Waals surface area contributed by atoms with Gasteiger partial charge < -0.3 is 10.1 Å². The van der Waals surface area contributed by atoms with E-state index in [1.165, 1.54) is 13.2 Å². The van der Waals surface area contributed by atoms with Gasteiger partial charge in [0.2, 0.25) is 5.91 Å². The van der Waals surface area contributed by atoms with E-state index in [9.17, 15) is 9.59 Å². The number of hydrogen-bond acceptors (Lipinski definition) is 4. The predicted octanol–water partition coefficient (Wildman–Crippen LogP) is 4.95. The third kappa shape index (κ3) is 2.79. The van der Waals surface area contributed by atoms with Gasteiger partial charge in [-0.25, -0.2) is 4.39 Å². The number of methoxy groups -OCH3 is 1. The van der Waals surface area contributed by atoms with Crippen LogP contribution in [0.25, 0.3) is 0 Å². The molecule has 2 heterocycles. The van der Waals surface area contributed by atoms with Gasteiger partial charge >= 0.3 is 5.97 Å². The highest BCUT2D eigenvalue weighted by Crippen LogP contribution is 2.62. The first kappa shape index (κ1) is 21.7. The van der Waals surface area contributed by atoms with Crippen molar-refractivity contribution in [3.63, 3.8) is 0 Å². The summed E-state index contributed by atoms with van der Waals surface area (Å²) in [6, 6.07) is 9.05. The number of rotatable bonds is 2. The fourth-order valence-corrected chi connectivity index (χ4v) is 6.68. The zero-order valence-corrected chi connectivity index (χ0v) is 19.0. The Kier molecular flexibility index (Phi) is 5.23. The highest BCUT2D eigenvalue weighted by Gasteiger charge is 2.72. The van der Waals surface area contributed by atoms with Crippen LogP contribution in [0.3, 0.4) is 0 Å². The summed E-state index contributed by atoms with van der Waals surface area (Å²) in [5.41, 5.74) is -0.435. The molecule has 0 radical (unpaired) electrons. The Morgan fingerprint density at radius 1 is 1.16 bits per heavy atom. The fraction of sp³-hybridized carbons (Fsp3) is 0.417. The number of fused-ring (bicyclic) bond motifs is 3. The molecule has 2 aromatic rings. The molecule has 2 aromatic carbocycles. The minimum absolute atomic E-state index is 0.0550. The molecule has 2 aliphatic heterocycles. The third-order valence-electron chi connectivity index (χ3n) is 7.48. The molecule has 5 rings (SSSR count). The maximum absolute atomic E-state index is 15.5. The average Bonchev–Trinajstić information content (AvgIpc) is 3.23. The van der Waals surface area contributed by atoms with E-state index in [2.05, 4.69) is 10.6 Å². The minimum Gasteiger partial charge on any atom is -0.468 e. The van der Waals surface area contributed by atoms with E-state index in [0.717, 1.165) is 24.8 Å². The molecule has 3 aliphatic rings. The number of carbonyl (C=O) groups excluding carboxylic acids is 2. The number of benzene rings is 2. The molecule has 8 heteroatoms. The molecule has 3 atom stereocenters. The van der Waals surface area contributed by atoms with Crippen LogP contribution in [0.2, 0.25) is 10.0 Å². The number of hydrogen-bond donors (Lipinski definition) is 2. The zero-order valence-electron chi connectivity index (χ0n) is 17.5. The molecule has 0 bridgehead atoms. The van der Waals surface area contributed by atoms with Gasteiger partial charge in [0.25, 0.3) is 0 Å². The van der Waals surface area contributed by atoms with Crippen LogP contribution in [0.1, 0.15) is 49.1 Å². The highest BCUT2D eigenvalue weighted by atomic mass is 35.5. The Morgan fingerprint density at radius 2 is 1.91 bits per heavy atom. The van der Waals surface area contributed by atoms with Gasteiger partial charge in [-0.15, -0.1) is 0 Å². The number of anilines is 1. The van der Waals surface area contributed by atoms with Crippen LogP contribution >= 0.6 is 23.2 Å². The maximum atomic E-state index is 15.5. The molecule has 2 N–H and O–H groups in total. The van der Waals surface area contributed by atoms with Crippen molar-refractivity contribution in [1.82, 2.24) is 5.32 Å². The van der Waals surface area contributed by atoms with Crippen LogP contribution in [0.4, 0.5) is 10.1 Å². The van der Waals surface area contributed by atoms with E-state index in [1.807, 2.05) is 6.07 Å². The van der Waals surface area contributed by atoms with E-state index in [4.69, 9.17) is 27.9 Å². The third-order valence-corrected chi connectivity index (χ3v) is 8.01. The van der Waals surface area contributed by atoms with Crippen molar-refractivity contribution in [2.24, 2.45) is 0 Å². The van der Waals surface area contributed by atoms with E-state index < -0.39 is 34.7 Å². The van der Waals surface area contributed by atoms with Gasteiger partial charge in [-0.2, -0.15) is 0 Å². The number of carbonyl (C=O) groups is 2. The molecular weight excluding hydrogens is 454 g/mol. The zero-order chi connectivity index (χ0) is 22.7. The second-order valence-corrected chi connectivity index (χ2v) is 9.70. The number of halogens is 3. The van der Waals surface area contributed by atoms with E-state index >= 15 is 4.39 Å². The van der Waals surface area contributed by atoms with Crippen LogP contribution in [-0.2, 0) is 19.7 Å². The summed E-state index contributed by atoms with van der Waals surface area (Å²) in [5.74, 6) is -2.28. The molecule has 0 aromatic heterocycles. The number of nitrogens with one attached hydrogen (secondary N) is 2. The standard InChI is InChI=1S/C24H23Cl2FN2O3/c1-32-21(30)20-18(14-6-5-7-16(26)19(14)27)24(23(29-20)10-3-2-4-11-23)15-9-8-13(25)12-17(15)28-22(24)31/h5-9,12,18,20,29H,2-4,10-11H2,1H3,(H,28,31)/t18-,20+,24+/m0/s1. The van der Waals surface area contributed by atoms with Crippen LogP contribution in [-0.4, -0.2) is 30.6 Å². The lowest BCUT2D eigenvalue weighted by Crippen LogP contribution is -2.60. The summed E-state index contributed by atoms with van der Waals surface area (Å²) in [5, 5.41) is 6.91. The molecule has 0 unspecified atom stereocenters. The van der Waals surface area contributed by atoms with Crippen molar-refractivity contribution in [2.45, 2.75) is 55.0 Å². The van der Waals surface area contributed by atoms with Gasteiger partial charge in [0.15, 0.2) is 0 Å². The maximum Gasteiger partial charge on any atom is 0.323 e. The Labute approximate surface area is 195 Å². The Morgan fingerprint density at radius 3 is 2.62 bits per heavy atom. The molecule has 2 fully saturated rings. The van der Waals surface area contributed by atoms with Crippen LogP contribution < -0.4 is 10.6 Å². The van der Waals surface area contributed by atoms with E-state index in [1.54, 1.807) is 24.3 Å². The summed E-state index contributed by atoms with van der Waals surface area (Å²) in [6.45, 7) is 0. The quantitative estimate of drug-likeness (QED) is 0.601. The lowest BCUT2D eigenvalue weighted by atomic mass is 9.55. The molecule has 1 amide bonds. The van der Waals surface area contributed by atoms with Gasteiger partial charge in [-0.05, 0) is 42.2 Å². The molecule has 2 spiro atoms. The highest BCUT2D eigenvalue weighted by molar-refractivity contribution is 6.31. The fourth-order valence-electron chi connectivity index (χ4n) is 6.32. The Bertz CT molecular complexity index is 1120. The van der Waals surface area contributed by atoms with E-state index in [-0.39, 0.29) is 16.5 Å². The van der Waals surface area contributed by atoms with Crippen molar-refractivity contribution in [2.75, 3.05) is 12.4 Å². The second kappa shape index (κ2) is 7.72.